The number of Topliss-reactive ketones (excluding diaryl/α,β-unsaturated/α-hetero) is 2. The fourth-order valence-electron chi connectivity index (χ4n) is 3.44. The third-order valence-electron chi connectivity index (χ3n) is 5.46. The Hall–Kier alpha value is -1.69. The summed E-state index contributed by atoms with van der Waals surface area (Å²) in [5.74, 6) is -0.355. The van der Waals surface area contributed by atoms with Crippen molar-refractivity contribution in [3.63, 3.8) is 0 Å². The largest absolute Gasteiger partial charge is 0.492 e. The number of halogens is 1. The van der Waals surface area contributed by atoms with Gasteiger partial charge in [0.25, 0.3) is 0 Å². The SMILES string of the molecule is CC[C@H](C)/C=C(C)/C=C/C1=CC2=C(Cl)C(=O)[C@](C)(O)[C@H](O)[C@@]2(C(C)=O)CO1. The molecule has 0 spiro atoms. The Morgan fingerprint density at radius 2 is 2.11 bits per heavy atom. The lowest BCUT2D eigenvalue weighted by Gasteiger charge is -2.47. The number of rotatable bonds is 5. The molecule has 0 radical (unpaired) electrons. The Morgan fingerprint density at radius 1 is 1.48 bits per heavy atom. The van der Waals surface area contributed by atoms with Gasteiger partial charge < -0.3 is 14.9 Å². The molecule has 2 N–H and O–H groups in total. The molecule has 2 aliphatic rings. The average molecular weight is 395 g/mol. The van der Waals surface area contributed by atoms with Gasteiger partial charge >= 0.3 is 0 Å². The van der Waals surface area contributed by atoms with Crippen molar-refractivity contribution in [2.45, 2.75) is 52.7 Å². The normalized spacial score (nSPS) is 32.9. The number of aliphatic hydroxyl groups excluding tert-OH is 1. The van der Waals surface area contributed by atoms with E-state index in [1.807, 2.05) is 13.0 Å². The lowest BCUT2D eigenvalue weighted by molar-refractivity contribution is -0.168. The minimum atomic E-state index is -2.16. The van der Waals surface area contributed by atoms with Crippen LogP contribution in [0.5, 0.6) is 0 Å². The van der Waals surface area contributed by atoms with Crippen LogP contribution >= 0.6 is 11.6 Å². The predicted molar refractivity (Wildman–Crippen MR) is 104 cm³/mol. The first-order valence-corrected chi connectivity index (χ1v) is 9.43. The molecule has 1 heterocycles. The van der Waals surface area contributed by atoms with E-state index < -0.39 is 28.7 Å². The van der Waals surface area contributed by atoms with Crippen molar-refractivity contribution in [3.8, 4) is 0 Å². The maximum atomic E-state index is 12.4. The van der Waals surface area contributed by atoms with Gasteiger partial charge in [0.15, 0.2) is 5.60 Å². The molecule has 27 heavy (non-hydrogen) atoms. The molecule has 0 saturated carbocycles. The van der Waals surface area contributed by atoms with E-state index in [4.69, 9.17) is 16.3 Å². The van der Waals surface area contributed by atoms with E-state index >= 15 is 0 Å². The average Bonchev–Trinajstić information content (AvgIpc) is 2.62. The summed E-state index contributed by atoms with van der Waals surface area (Å²) < 4.78 is 5.69. The van der Waals surface area contributed by atoms with E-state index in [1.165, 1.54) is 13.0 Å². The van der Waals surface area contributed by atoms with Crippen LogP contribution in [0.1, 0.15) is 41.0 Å². The van der Waals surface area contributed by atoms with Gasteiger partial charge in [-0.15, -0.1) is 0 Å². The topological polar surface area (TPSA) is 83.8 Å². The van der Waals surface area contributed by atoms with Crippen molar-refractivity contribution in [3.05, 3.63) is 46.2 Å². The molecular weight excluding hydrogens is 368 g/mol. The first-order valence-electron chi connectivity index (χ1n) is 9.06. The standard InChI is InChI=1S/C21H27ClO5/c1-6-12(2)9-13(3)7-8-15-10-16-17(22)18(24)20(5,26)19(25)21(16,11-27-15)14(4)23/h7-10,12,19,25-26H,6,11H2,1-5H3/b8-7+,13-9+/t12-,19-,20-,21+/m0/s1. The zero-order chi connectivity index (χ0) is 20.6. The van der Waals surface area contributed by atoms with Crippen LogP contribution < -0.4 is 0 Å². The molecule has 6 heteroatoms. The Balaban J connectivity index is 2.50. The van der Waals surface area contributed by atoms with Crippen molar-refractivity contribution in [2.24, 2.45) is 11.3 Å². The van der Waals surface area contributed by atoms with Crippen LogP contribution in [-0.4, -0.2) is 40.1 Å². The number of carbonyl (C=O) groups excluding carboxylic acids is 2. The fourth-order valence-corrected chi connectivity index (χ4v) is 3.85. The minimum Gasteiger partial charge on any atom is -0.492 e. The number of hydrogen-bond acceptors (Lipinski definition) is 5. The molecule has 0 aromatic heterocycles. The van der Waals surface area contributed by atoms with Gasteiger partial charge in [0, 0.05) is 0 Å². The van der Waals surface area contributed by atoms with Gasteiger partial charge in [-0.05, 0) is 44.4 Å². The summed E-state index contributed by atoms with van der Waals surface area (Å²) >= 11 is 6.21. The van der Waals surface area contributed by atoms with E-state index in [0.717, 1.165) is 18.9 Å². The van der Waals surface area contributed by atoms with E-state index in [-0.39, 0.29) is 17.2 Å². The van der Waals surface area contributed by atoms with Gasteiger partial charge in [0.2, 0.25) is 5.78 Å². The third kappa shape index (κ3) is 3.68. The van der Waals surface area contributed by atoms with Gasteiger partial charge in [-0.2, -0.15) is 0 Å². The van der Waals surface area contributed by atoms with Crippen LogP contribution in [0.4, 0.5) is 0 Å². The quantitative estimate of drug-likeness (QED) is 0.699. The van der Waals surface area contributed by atoms with Crippen LogP contribution in [0.25, 0.3) is 0 Å². The molecule has 1 aliphatic carbocycles. The fraction of sp³-hybridized carbons (Fsp3) is 0.524. The van der Waals surface area contributed by atoms with Crippen molar-refractivity contribution < 1.29 is 24.5 Å². The molecule has 0 fully saturated rings. The summed E-state index contributed by atoms with van der Waals surface area (Å²) in [6.45, 7) is 8.45. The second-order valence-electron chi connectivity index (χ2n) is 7.60. The smallest absolute Gasteiger partial charge is 0.208 e. The highest BCUT2D eigenvalue weighted by Crippen LogP contribution is 2.49. The predicted octanol–water partition coefficient (Wildman–Crippen LogP) is 3.21. The number of aliphatic hydroxyl groups is 2. The monoisotopic (exact) mass is 394 g/mol. The molecule has 0 aromatic carbocycles. The summed E-state index contributed by atoms with van der Waals surface area (Å²) in [7, 11) is 0. The Kier molecular flexibility index (Phi) is 6.19. The van der Waals surface area contributed by atoms with E-state index in [2.05, 4.69) is 19.9 Å². The summed E-state index contributed by atoms with van der Waals surface area (Å²) in [6, 6.07) is 0. The Bertz CT molecular complexity index is 771. The summed E-state index contributed by atoms with van der Waals surface area (Å²) in [5, 5.41) is 20.8. The second kappa shape index (κ2) is 7.74. The number of fused-ring (bicyclic) bond motifs is 1. The molecule has 0 bridgehead atoms. The molecular formula is C21H27ClO5. The maximum Gasteiger partial charge on any atom is 0.208 e. The van der Waals surface area contributed by atoms with Crippen LogP contribution in [0.2, 0.25) is 0 Å². The number of allylic oxidation sites excluding steroid dienone is 5. The molecule has 5 nitrogen and oxygen atoms in total. The molecule has 148 valence electrons. The number of hydrogen-bond donors (Lipinski definition) is 2. The van der Waals surface area contributed by atoms with Crippen LogP contribution in [-0.2, 0) is 14.3 Å². The highest BCUT2D eigenvalue weighted by Gasteiger charge is 2.62. The summed E-state index contributed by atoms with van der Waals surface area (Å²) in [4.78, 5) is 24.8. The number of ether oxygens (including phenoxy) is 1. The first-order chi connectivity index (χ1) is 12.5. The zero-order valence-electron chi connectivity index (χ0n) is 16.4. The van der Waals surface area contributed by atoms with Gasteiger partial charge in [-0.25, -0.2) is 0 Å². The number of carbonyl (C=O) groups is 2. The lowest BCUT2D eigenvalue weighted by atomic mass is 9.62. The summed E-state index contributed by atoms with van der Waals surface area (Å²) in [5.41, 5.74) is -2.49. The van der Waals surface area contributed by atoms with E-state index in [0.29, 0.717) is 11.7 Å². The van der Waals surface area contributed by atoms with Crippen molar-refractivity contribution >= 4 is 23.2 Å². The van der Waals surface area contributed by atoms with Crippen molar-refractivity contribution in [2.75, 3.05) is 6.61 Å². The van der Waals surface area contributed by atoms with Crippen LogP contribution in [0.15, 0.2) is 46.2 Å². The highest BCUT2D eigenvalue weighted by atomic mass is 35.5. The molecule has 0 amide bonds. The minimum absolute atomic E-state index is 0.190. The highest BCUT2D eigenvalue weighted by molar-refractivity contribution is 6.45. The molecule has 1 aliphatic heterocycles. The van der Waals surface area contributed by atoms with Crippen LogP contribution in [0, 0.1) is 11.3 Å². The second-order valence-corrected chi connectivity index (χ2v) is 7.98. The van der Waals surface area contributed by atoms with Gasteiger partial charge in [-0.3, -0.25) is 9.59 Å². The first kappa shape index (κ1) is 21.6. The van der Waals surface area contributed by atoms with Gasteiger partial charge in [0.1, 0.15) is 29.7 Å². The van der Waals surface area contributed by atoms with Crippen LogP contribution in [0.3, 0.4) is 0 Å². The Morgan fingerprint density at radius 3 is 2.67 bits per heavy atom. The Labute approximate surface area is 165 Å². The molecule has 0 unspecified atom stereocenters. The van der Waals surface area contributed by atoms with Gasteiger partial charge in [0.05, 0.1) is 5.03 Å². The summed E-state index contributed by atoms with van der Waals surface area (Å²) in [6.07, 6.45) is 6.63. The number of ketones is 2. The molecule has 0 aromatic rings. The zero-order valence-corrected chi connectivity index (χ0v) is 17.1. The molecule has 0 saturated heterocycles. The van der Waals surface area contributed by atoms with E-state index in [1.54, 1.807) is 6.08 Å². The van der Waals surface area contributed by atoms with Gasteiger partial charge in [-0.1, -0.05) is 49.6 Å². The maximum absolute atomic E-state index is 12.4. The van der Waals surface area contributed by atoms with Crippen molar-refractivity contribution in [1.29, 1.82) is 0 Å². The van der Waals surface area contributed by atoms with E-state index in [9.17, 15) is 19.8 Å². The lowest BCUT2D eigenvalue weighted by Crippen LogP contribution is -2.64. The van der Waals surface area contributed by atoms with Crippen molar-refractivity contribution in [1.82, 2.24) is 0 Å². The third-order valence-corrected chi connectivity index (χ3v) is 5.83. The molecule has 4 atom stereocenters. The molecule has 2 rings (SSSR count).